The zero-order chi connectivity index (χ0) is 32.6. The largest absolute Gasteiger partial charge is 0.497 e. The van der Waals surface area contributed by atoms with E-state index >= 15 is 0 Å². The third-order valence-corrected chi connectivity index (χ3v) is 7.83. The van der Waals surface area contributed by atoms with E-state index in [1.807, 2.05) is 0 Å². The second-order valence-electron chi connectivity index (χ2n) is 10.7. The molecule has 10 atom stereocenters. The van der Waals surface area contributed by atoms with Gasteiger partial charge in [0.25, 0.3) is 0 Å². The normalized spacial score (nSPS) is 31.9. The lowest BCUT2D eigenvalue weighted by atomic mass is 9.98. The number of hydrogen-bond donors (Lipinski definition) is 6. The highest BCUT2D eigenvalue weighted by atomic mass is 16.7. The molecule has 0 amide bonds. The molecule has 0 bridgehead atoms. The summed E-state index contributed by atoms with van der Waals surface area (Å²) in [4.78, 5) is 14.0. The summed E-state index contributed by atoms with van der Waals surface area (Å²) in [5.74, 6) is 0.535. The number of ether oxygens (including phenoxy) is 7. The highest BCUT2D eigenvalue weighted by molar-refractivity contribution is 5.88. The Kier molecular flexibility index (Phi) is 9.83. The van der Waals surface area contributed by atoms with Crippen LogP contribution in [0.2, 0.25) is 0 Å². The van der Waals surface area contributed by atoms with Gasteiger partial charge in [0.05, 0.1) is 34.0 Å². The minimum atomic E-state index is -1.85. The Bertz CT molecular complexity index is 1520. The first-order valence-electron chi connectivity index (χ1n) is 14.0. The summed E-state index contributed by atoms with van der Waals surface area (Å²) >= 11 is 0. The van der Waals surface area contributed by atoms with Gasteiger partial charge in [0.2, 0.25) is 17.5 Å². The molecule has 2 aliphatic heterocycles. The van der Waals surface area contributed by atoms with E-state index in [1.165, 1.54) is 40.4 Å². The van der Waals surface area contributed by atoms with Gasteiger partial charge >= 0.3 is 0 Å². The Morgan fingerprint density at radius 2 is 1.38 bits per heavy atom. The highest BCUT2D eigenvalue weighted by Gasteiger charge is 2.47. The summed E-state index contributed by atoms with van der Waals surface area (Å²) in [5.41, 5.74) is -0.213. The second-order valence-corrected chi connectivity index (χ2v) is 10.7. The summed E-state index contributed by atoms with van der Waals surface area (Å²) < 4.78 is 44.7. The molecule has 15 heteroatoms. The first kappa shape index (κ1) is 32.9. The molecule has 15 nitrogen and oxygen atoms in total. The van der Waals surface area contributed by atoms with Gasteiger partial charge in [-0.2, -0.15) is 0 Å². The molecule has 0 unspecified atom stereocenters. The maximum absolute atomic E-state index is 14.0. The van der Waals surface area contributed by atoms with Gasteiger partial charge in [-0.05, 0) is 31.2 Å². The van der Waals surface area contributed by atoms with Crippen molar-refractivity contribution in [3.05, 3.63) is 46.6 Å². The van der Waals surface area contributed by atoms with Crippen LogP contribution in [0.1, 0.15) is 6.92 Å². The van der Waals surface area contributed by atoms with Crippen molar-refractivity contribution in [2.24, 2.45) is 0 Å². The van der Waals surface area contributed by atoms with Gasteiger partial charge < -0.3 is 68.2 Å². The molecule has 2 fully saturated rings. The lowest BCUT2D eigenvalue weighted by molar-refractivity contribution is -0.318. The average Bonchev–Trinajstić information content (AvgIpc) is 3.05. The van der Waals surface area contributed by atoms with E-state index in [-0.39, 0.29) is 22.5 Å². The van der Waals surface area contributed by atoms with E-state index in [4.69, 9.17) is 37.6 Å². The van der Waals surface area contributed by atoms with Crippen LogP contribution in [-0.2, 0) is 14.2 Å². The maximum Gasteiger partial charge on any atom is 0.239 e. The molecule has 0 aliphatic carbocycles. The van der Waals surface area contributed by atoms with Crippen molar-refractivity contribution < 1.29 is 68.2 Å². The third kappa shape index (κ3) is 6.31. The van der Waals surface area contributed by atoms with Crippen LogP contribution in [0.3, 0.4) is 0 Å². The van der Waals surface area contributed by atoms with Gasteiger partial charge in [-0.15, -0.1) is 0 Å². The molecule has 3 aromatic rings. The van der Waals surface area contributed by atoms with Crippen LogP contribution in [-0.4, -0.2) is 120 Å². The van der Waals surface area contributed by atoms with Crippen molar-refractivity contribution in [1.29, 1.82) is 0 Å². The lowest BCUT2D eigenvalue weighted by Crippen LogP contribution is -2.61. The van der Waals surface area contributed by atoms with E-state index in [9.17, 15) is 35.4 Å². The molecule has 0 radical (unpaired) electrons. The second kappa shape index (κ2) is 13.5. The fourth-order valence-corrected chi connectivity index (χ4v) is 5.17. The fraction of sp³-hybridized carbons (Fsp3) is 0.500. The quantitative estimate of drug-likeness (QED) is 0.175. The maximum atomic E-state index is 14.0. The van der Waals surface area contributed by atoms with Gasteiger partial charge in [0.15, 0.2) is 12.1 Å². The molecule has 2 aliphatic rings. The van der Waals surface area contributed by atoms with Crippen LogP contribution >= 0.6 is 0 Å². The Labute approximate surface area is 256 Å². The summed E-state index contributed by atoms with van der Waals surface area (Å²) in [5, 5.41) is 62.4. The Morgan fingerprint density at radius 3 is 2.02 bits per heavy atom. The van der Waals surface area contributed by atoms with Crippen molar-refractivity contribution in [2.45, 2.75) is 68.3 Å². The number of benzene rings is 2. The molecule has 2 aromatic carbocycles. The van der Waals surface area contributed by atoms with Crippen LogP contribution in [0.5, 0.6) is 23.0 Å². The summed E-state index contributed by atoms with van der Waals surface area (Å²) in [7, 11) is 4.29. The number of aliphatic hydroxyl groups is 6. The average molecular weight is 637 g/mol. The lowest BCUT2D eigenvalue weighted by Gasteiger charge is -2.42. The Morgan fingerprint density at radius 1 is 0.733 bits per heavy atom. The summed E-state index contributed by atoms with van der Waals surface area (Å²) in [6.45, 7) is 0.944. The van der Waals surface area contributed by atoms with Crippen molar-refractivity contribution in [2.75, 3.05) is 27.9 Å². The predicted octanol–water partition coefficient (Wildman–Crippen LogP) is -0.484. The van der Waals surface area contributed by atoms with Crippen LogP contribution in [0.25, 0.3) is 22.3 Å². The smallest absolute Gasteiger partial charge is 0.239 e. The highest BCUT2D eigenvalue weighted by Crippen LogP contribution is 2.38. The molecular weight excluding hydrogens is 600 g/mol. The van der Waals surface area contributed by atoms with Gasteiger partial charge in [0, 0.05) is 17.7 Å². The SMILES string of the molecule is COc1ccc(-c2oc3cc(OC)cc(OC)c3c(=O)c2O[C@@H]2O[C@H](CO[C@@H]3O[C@@H](C)[C@H](O)[C@@H](O)[C@H]3O)[C@@H](O)[C@H](O)[C@H]2O)cc1. The van der Waals surface area contributed by atoms with E-state index in [0.717, 1.165) is 0 Å². The molecular formula is C30H36O15. The van der Waals surface area contributed by atoms with Crippen LogP contribution < -0.4 is 24.4 Å². The molecule has 6 N–H and O–H groups in total. The zero-order valence-corrected chi connectivity index (χ0v) is 24.8. The minimum Gasteiger partial charge on any atom is -0.497 e. The Balaban J connectivity index is 1.49. The number of fused-ring (bicyclic) bond motifs is 1. The standard InChI is InChI=1S/C30H36O15/c1-12-20(31)23(34)25(36)29(42-12)41-11-18-21(32)24(35)26(37)30(44-18)45-28-22(33)19-16(40-4)9-15(39-3)10-17(19)43-27(28)13-5-7-14(38-2)8-6-13/h5-10,12,18,20-21,23-26,29-32,34-37H,11H2,1-4H3/t12-,18+,20-,21+,23+,24-,25+,26+,29+,30-/m0/s1. The molecule has 0 saturated carbocycles. The molecule has 246 valence electrons. The van der Waals surface area contributed by atoms with Crippen LogP contribution in [0.4, 0.5) is 0 Å². The molecule has 5 rings (SSSR count). The number of hydrogen-bond acceptors (Lipinski definition) is 15. The van der Waals surface area contributed by atoms with E-state index in [0.29, 0.717) is 17.1 Å². The number of aliphatic hydroxyl groups excluding tert-OH is 6. The topological polar surface area (TPSA) is 216 Å². The van der Waals surface area contributed by atoms with E-state index in [1.54, 1.807) is 24.3 Å². The van der Waals surface area contributed by atoms with Gasteiger partial charge in [-0.25, -0.2) is 0 Å². The number of methoxy groups -OCH3 is 3. The minimum absolute atomic E-state index is 0.00497. The van der Waals surface area contributed by atoms with Crippen LogP contribution in [0, 0.1) is 0 Å². The zero-order valence-electron chi connectivity index (χ0n) is 24.8. The van der Waals surface area contributed by atoms with Crippen LogP contribution in [0.15, 0.2) is 45.6 Å². The van der Waals surface area contributed by atoms with Gasteiger partial charge in [0.1, 0.15) is 70.9 Å². The molecule has 1 aromatic heterocycles. The van der Waals surface area contributed by atoms with Crippen molar-refractivity contribution in [3.63, 3.8) is 0 Å². The van der Waals surface area contributed by atoms with Gasteiger partial charge in [-0.1, -0.05) is 0 Å². The van der Waals surface area contributed by atoms with E-state index < -0.39 is 79.2 Å². The first-order chi connectivity index (χ1) is 21.5. The predicted molar refractivity (Wildman–Crippen MR) is 153 cm³/mol. The van der Waals surface area contributed by atoms with Gasteiger partial charge in [-0.3, -0.25) is 4.79 Å². The van der Waals surface area contributed by atoms with E-state index in [2.05, 4.69) is 0 Å². The van der Waals surface area contributed by atoms with Crippen molar-refractivity contribution in [1.82, 2.24) is 0 Å². The monoisotopic (exact) mass is 636 g/mol. The number of rotatable bonds is 9. The molecule has 3 heterocycles. The molecule has 2 saturated heterocycles. The summed E-state index contributed by atoms with van der Waals surface area (Å²) in [6.07, 6.45) is -15.4. The fourth-order valence-electron chi connectivity index (χ4n) is 5.17. The molecule has 0 spiro atoms. The van der Waals surface area contributed by atoms with Crippen molar-refractivity contribution >= 4 is 11.0 Å². The first-order valence-corrected chi connectivity index (χ1v) is 14.0. The Hall–Kier alpha value is -3.51. The third-order valence-electron chi connectivity index (χ3n) is 7.83. The molecule has 45 heavy (non-hydrogen) atoms. The van der Waals surface area contributed by atoms with Crippen molar-refractivity contribution in [3.8, 4) is 34.3 Å². The summed E-state index contributed by atoms with van der Waals surface area (Å²) in [6, 6.07) is 9.47.